The summed E-state index contributed by atoms with van der Waals surface area (Å²) in [6.45, 7) is 13.7. The van der Waals surface area contributed by atoms with Gasteiger partial charge >= 0.3 is 0 Å². The minimum atomic E-state index is 0.124. The monoisotopic (exact) mass is 770 g/mol. The summed E-state index contributed by atoms with van der Waals surface area (Å²) >= 11 is 0. The van der Waals surface area contributed by atoms with Gasteiger partial charge in [0.15, 0.2) is 0 Å². The third-order valence-electron chi connectivity index (χ3n) is 13.6. The van der Waals surface area contributed by atoms with Crippen LogP contribution in [-0.2, 0) is 10.8 Å². The fraction of sp³-hybridized carbons (Fsp3) is 0.153. The topological polar surface area (TPSA) is 13.1 Å². The van der Waals surface area contributed by atoms with Crippen molar-refractivity contribution in [3.63, 3.8) is 0 Å². The molecule has 0 bridgehead atoms. The highest BCUT2D eigenvalue weighted by atomic mass is 16.3. The van der Waals surface area contributed by atoms with Crippen molar-refractivity contribution in [1.29, 1.82) is 0 Å². The molecule has 1 nitrogen and oxygen atoms in total. The molecule has 0 unspecified atom stereocenters. The number of para-hydroxylation sites is 1. The van der Waals surface area contributed by atoms with Gasteiger partial charge in [-0.25, -0.2) is 0 Å². The maximum absolute atomic E-state index is 6.25. The van der Waals surface area contributed by atoms with Crippen LogP contribution < -0.4 is 0 Å². The Balaban J connectivity index is 1.04. The van der Waals surface area contributed by atoms with Gasteiger partial charge in [0.2, 0.25) is 0 Å². The maximum Gasteiger partial charge on any atom is 0.135 e. The number of hydrogen-bond acceptors (Lipinski definition) is 1. The van der Waals surface area contributed by atoms with Crippen molar-refractivity contribution in [2.75, 3.05) is 0 Å². The number of benzene rings is 9. The molecule has 1 heteroatoms. The molecule has 1 aromatic heterocycles. The van der Waals surface area contributed by atoms with Gasteiger partial charge in [0.05, 0.1) is 0 Å². The molecule has 0 N–H and O–H groups in total. The second-order valence-corrected chi connectivity index (χ2v) is 19.4. The number of hydrogen-bond donors (Lipinski definition) is 0. The van der Waals surface area contributed by atoms with Crippen molar-refractivity contribution >= 4 is 43.5 Å². The maximum atomic E-state index is 6.25. The summed E-state index contributed by atoms with van der Waals surface area (Å²) in [6.07, 6.45) is 0. The van der Waals surface area contributed by atoms with Crippen LogP contribution in [0.25, 0.3) is 99.1 Å². The van der Waals surface area contributed by atoms with Crippen LogP contribution in [0, 0.1) is 0 Å². The molecule has 10 aromatic rings. The van der Waals surface area contributed by atoms with E-state index in [1.54, 1.807) is 0 Å². The van der Waals surface area contributed by atoms with E-state index >= 15 is 0 Å². The van der Waals surface area contributed by atoms with Crippen molar-refractivity contribution in [1.82, 2.24) is 0 Å². The molecule has 9 aromatic carbocycles. The fourth-order valence-electron chi connectivity index (χ4n) is 10.2. The SMILES string of the molecule is CC(C)(C)c1ccc(-c2ccc3cc4c(cc3c2)C2c3cc5cc(-c6ccc(C(C)(C)C)cc6)ccc5cc3-c3cc(-c5ccc6oc7ccccc7c6c5)cc-4c32)cc1. The standard InChI is InChI=1S/C59H46O/c1-58(2,3)44-20-15-34(16-21-44)36-11-13-38-27-47-50(30-41(38)25-36)56-51-31-42-26-37(35-17-22-45(23-18-35)59(4,5)6)12-14-39(42)28-48(51)53-33-43(32-52(47)57(53)56)40-19-24-55-49(29-40)46-9-7-8-10-54(46)60-55/h7-33,56H,1-6H3. The van der Waals surface area contributed by atoms with Crippen molar-refractivity contribution in [3.8, 4) is 55.6 Å². The molecule has 0 radical (unpaired) electrons. The molecule has 0 amide bonds. The van der Waals surface area contributed by atoms with Gasteiger partial charge < -0.3 is 4.42 Å². The van der Waals surface area contributed by atoms with Crippen molar-refractivity contribution in [2.24, 2.45) is 0 Å². The van der Waals surface area contributed by atoms with Crippen LogP contribution in [-0.4, -0.2) is 0 Å². The molecule has 0 saturated heterocycles. The Bertz CT molecular complexity index is 3240. The van der Waals surface area contributed by atoms with Crippen LogP contribution in [0.2, 0.25) is 0 Å². The molecule has 2 aliphatic carbocycles. The minimum Gasteiger partial charge on any atom is -0.456 e. The first-order valence-corrected chi connectivity index (χ1v) is 21.4. The second kappa shape index (κ2) is 12.4. The number of furan rings is 1. The van der Waals surface area contributed by atoms with Gasteiger partial charge in [0.1, 0.15) is 11.2 Å². The molecule has 288 valence electrons. The lowest BCUT2D eigenvalue weighted by Gasteiger charge is -2.19. The summed E-state index contributed by atoms with van der Waals surface area (Å²) in [4.78, 5) is 0. The quantitative estimate of drug-likeness (QED) is 0.174. The summed E-state index contributed by atoms with van der Waals surface area (Å²) in [5.74, 6) is 0.174. The zero-order valence-corrected chi connectivity index (χ0v) is 35.1. The van der Waals surface area contributed by atoms with Crippen LogP contribution in [0.3, 0.4) is 0 Å². The molecular formula is C59H46O. The minimum absolute atomic E-state index is 0.124. The van der Waals surface area contributed by atoms with Crippen LogP contribution in [0.4, 0.5) is 0 Å². The Morgan fingerprint density at radius 2 is 0.817 bits per heavy atom. The Kier molecular flexibility index (Phi) is 7.30. The van der Waals surface area contributed by atoms with E-state index in [-0.39, 0.29) is 16.7 Å². The van der Waals surface area contributed by atoms with Gasteiger partial charge in [-0.15, -0.1) is 0 Å². The van der Waals surface area contributed by atoms with Gasteiger partial charge in [-0.1, -0.05) is 139 Å². The lowest BCUT2D eigenvalue weighted by Crippen LogP contribution is -2.10. The lowest BCUT2D eigenvalue weighted by molar-refractivity contribution is 0.590. The van der Waals surface area contributed by atoms with E-state index in [0.717, 1.165) is 21.9 Å². The highest BCUT2D eigenvalue weighted by molar-refractivity contribution is 6.08. The van der Waals surface area contributed by atoms with Gasteiger partial charge in [-0.3, -0.25) is 0 Å². The average Bonchev–Trinajstić information content (AvgIpc) is 3.89. The summed E-state index contributed by atoms with van der Waals surface area (Å²) in [6, 6.07) is 62.2. The van der Waals surface area contributed by atoms with Crippen molar-refractivity contribution in [3.05, 3.63) is 192 Å². The van der Waals surface area contributed by atoms with Gasteiger partial charge in [0, 0.05) is 16.7 Å². The Hall–Kier alpha value is -6.70. The summed E-state index contributed by atoms with van der Waals surface area (Å²) in [5.41, 5.74) is 21.9. The predicted molar refractivity (Wildman–Crippen MR) is 254 cm³/mol. The van der Waals surface area contributed by atoms with Gasteiger partial charge in [0.25, 0.3) is 0 Å². The molecule has 0 fully saturated rings. The highest BCUT2D eigenvalue weighted by Crippen LogP contribution is 2.60. The Morgan fingerprint density at radius 3 is 1.35 bits per heavy atom. The highest BCUT2D eigenvalue weighted by Gasteiger charge is 2.40. The molecule has 12 rings (SSSR count). The van der Waals surface area contributed by atoms with E-state index in [0.29, 0.717) is 0 Å². The first kappa shape index (κ1) is 35.3. The third-order valence-corrected chi connectivity index (χ3v) is 13.6. The third kappa shape index (κ3) is 5.38. The molecule has 0 saturated carbocycles. The molecule has 2 aliphatic rings. The van der Waals surface area contributed by atoms with Crippen LogP contribution in [0.15, 0.2) is 168 Å². The van der Waals surface area contributed by atoms with Crippen molar-refractivity contribution < 1.29 is 4.42 Å². The molecule has 0 atom stereocenters. The summed E-state index contributed by atoms with van der Waals surface area (Å²) in [5, 5.41) is 7.43. The number of rotatable bonds is 3. The summed E-state index contributed by atoms with van der Waals surface area (Å²) in [7, 11) is 0. The Morgan fingerprint density at radius 1 is 0.350 bits per heavy atom. The zero-order chi connectivity index (χ0) is 40.7. The smallest absolute Gasteiger partial charge is 0.135 e. The fourth-order valence-corrected chi connectivity index (χ4v) is 10.2. The second-order valence-electron chi connectivity index (χ2n) is 19.4. The van der Waals surface area contributed by atoms with Crippen LogP contribution in [0.5, 0.6) is 0 Å². The first-order chi connectivity index (χ1) is 28.9. The van der Waals surface area contributed by atoms with Gasteiger partial charge in [-0.2, -0.15) is 0 Å². The van der Waals surface area contributed by atoms with E-state index in [9.17, 15) is 0 Å². The van der Waals surface area contributed by atoms with Crippen molar-refractivity contribution in [2.45, 2.75) is 58.3 Å². The van der Waals surface area contributed by atoms with Crippen LogP contribution in [0.1, 0.15) is 75.3 Å². The average molecular weight is 771 g/mol. The molecule has 1 heterocycles. The first-order valence-electron chi connectivity index (χ1n) is 21.4. The number of fused-ring (bicyclic) bond motifs is 11. The van der Waals surface area contributed by atoms with E-state index in [2.05, 4.69) is 199 Å². The normalized spacial score (nSPS) is 13.4. The molecule has 0 spiro atoms. The van der Waals surface area contributed by atoms with E-state index in [1.165, 1.54) is 105 Å². The molecule has 0 aliphatic heterocycles. The predicted octanol–water partition coefficient (Wildman–Crippen LogP) is 16.6. The van der Waals surface area contributed by atoms with Gasteiger partial charge in [-0.05, 0) is 183 Å². The van der Waals surface area contributed by atoms with E-state index in [4.69, 9.17) is 4.42 Å². The molecule has 60 heavy (non-hydrogen) atoms. The van der Waals surface area contributed by atoms with E-state index < -0.39 is 0 Å². The lowest BCUT2D eigenvalue weighted by atomic mass is 9.86. The zero-order valence-electron chi connectivity index (χ0n) is 35.1. The summed E-state index contributed by atoms with van der Waals surface area (Å²) < 4.78 is 6.25. The van der Waals surface area contributed by atoms with Crippen LogP contribution >= 0.6 is 0 Å². The largest absolute Gasteiger partial charge is 0.456 e. The Labute approximate surface area is 352 Å². The molecular weight excluding hydrogens is 725 g/mol. The van der Waals surface area contributed by atoms with E-state index in [1.807, 2.05) is 6.07 Å².